The van der Waals surface area contributed by atoms with E-state index < -0.39 is 0 Å². The number of thioether (sulfide) groups is 1. The molecule has 1 N–H and O–H groups in total. The van der Waals surface area contributed by atoms with E-state index in [0.717, 1.165) is 9.37 Å². The molecule has 3 nitrogen and oxygen atoms in total. The molecule has 0 aliphatic rings. The fourth-order valence-electron chi connectivity index (χ4n) is 1.32. The first-order valence-corrected chi connectivity index (χ1v) is 7.57. The van der Waals surface area contributed by atoms with Crippen molar-refractivity contribution in [3.63, 3.8) is 0 Å². The molecule has 0 saturated heterocycles. The van der Waals surface area contributed by atoms with Crippen molar-refractivity contribution in [2.24, 2.45) is 0 Å². The van der Waals surface area contributed by atoms with Crippen molar-refractivity contribution >= 4 is 33.6 Å². The van der Waals surface area contributed by atoms with Crippen LogP contribution in [0.2, 0.25) is 0 Å². The van der Waals surface area contributed by atoms with Gasteiger partial charge in [-0.2, -0.15) is 0 Å². The molecule has 0 aliphatic carbocycles. The Hall–Kier alpha value is -0.520. The van der Waals surface area contributed by atoms with E-state index in [9.17, 15) is 9.90 Å². The summed E-state index contributed by atoms with van der Waals surface area (Å²) in [7, 11) is 1.77. The van der Waals surface area contributed by atoms with Crippen molar-refractivity contribution in [3.05, 3.63) is 28.7 Å². The van der Waals surface area contributed by atoms with Gasteiger partial charge in [0.25, 0.3) is 0 Å². The van der Waals surface area contributed by atoms with E-state index in [4.69, 9.17) is 0 Å². The van der Waals surface area contributed by atoms with Crippen molar-refractivity contribution in [1.82, 2.24) is 4.90 Å². The largest absolute Gasteiger partial charge is 0.393 e. The van der Waals surface area contributed by atoms with Crippen LogP contribution < -0.4 is 0 Å². The summed E-state index contributed by atoms with van der Waals surface area (Å²) in [6.45, 7) is 2.32. The predicted octanol–water partition coefficient (Wildman–Crippen LogP) is 2.77. The lowest BCUT2D eigenvalue weighted by molar-refractivity contribution is -0.127. The lowest BCUT2D eigenvalue weighted by Crippen LogP contribution is -2.30. The first-order valence-electron chi connectivity index (χ1n) is 5.79. The number of aliphatic hydroxyl groups is 1. The minimum absolute atomic E-state index is 0.0839. The fourth-order valence-corrected chi connectivity index (χ4v) is 2.76. The summed E-state index contributed by atoms with van der Waals surface area (Å²) in [6.07, 6.45) is 0.252. The Bertz CT molecular complexity index is 398. The van der Waals surface area contributed by atoms with Crippen LogP contribution in [0.5, 0.6) is 0 Å². The third-order valence-corrected chi connectivity index (χ3v) is 3.94. The number of rotatable bonds is 6. The summed E-state index contributed by atoms with van der Waals surface area (Å²) < 4.78 is 1.02. The molecule has 1 atom stereocenters. The predicted molar refractivity (Wildman–Crippen MR) is 78.8 cm³/mol. The molecule has 0 unspecified atom stereocenters. The van der Waals surface area contributed by atoms with Gasteiger partial charge in [0.15, 0.2) is 0 Å². The van der Waals surface area contributed by atoms with E-state index in [2.05, 4.69) is 15.9 Å². The summed E-state index contributed by atoms with van der Waals surface area (Å²) >= 11 is 4.92. The van der Waals surface area contributed by atoms with E-state index in [1.165, 1.54) is 11.8 Å². The maximum absolute atomic E-state index is 11.8. The lowest BCUT2D eigenvalue weighted by atomic mass is 10.3. The molecule has 1 aromatic rings. The number of carbonyl (C=O) groups is 1. The molecule has 0 saturated carbocycles. The molecule has 0 heterocycles. The third kappa shape index (κ3) is 5.89. The average Bonchev–Trinajstić information content (AvgIpc) is 2.33. The zero-order valence-corrected chi connectivity index (χ0v) is 13.0. The number of hydrogen-bond acceptors (Lipinski definition) is 3. The number of nitrogens with zero attached hydrogens (tertiary/aromatic N) is 1. The highest BCUT2D eigenvalue weighted by Crippen LogP contribution is 2.22. The zero-order valence-electron chi connectivity index (χ0n) is 10.6. The lowest BCUT2D eigenvalue weighted by Gasteiger charge is -2.17. The molecule has 0 bridgehead atoms. The van der Waals surface area contributed by atoms with Crippen LogP contribution in [0, 0.1) is 0 Å². The molecule has 0 aliphatic heterocycles. The summed E-state index contributed by atoms with van der Waals surface area (Å²) in [5, 5.41) is 9.17. The molecular weight excluding hydrogens is 314 g/mol. The highest BCUT2D eigenvalue weighted by atomic mass is 79.9. The molecule has 0 spiro atoms. The van der Waals surface area contributed by atoms with Gasteiger partial charge in [-0.15, -0.1) is 11.8 Å². The Morgan fingerprint density at radius 2 is 2.28 bits per heavy atom. The van der Waals surface area contributed by atoms with Crippen molar-refractivity contribution in [2.45, 2.75) is 24.3 Å². The minimum atomic E-state index is -0.363. The van der Waals surface area contributed by atoms with E-state index in [-0.39, 0.29) is 12.0 Å². The van der Waals surface area contributed by atoms with Gasteiger partial charge in [0.1, 0.15) is 0 Å². The molecule has 100 valence electrons. The number of benzene rings is 1. The normalized spacial score (nSPS) is 12.2. The fraction of sp³-hybridized carbons (Fsp3) is 0.462. The Morgan fingerprint density at radius 3 is 2.89 bits per heavy atom. The molecule has 1 rings (SSSR count). The molecule has 1 aromatic carbocycles. The van der Waals surface area contributed by atoms with Gasteiger partial charge in [0.05, 0.1) is 11.9 Å². The number of halogens is 1. The third-order valence-electron chi connectivity index (χ3n) is 2.47. The summed E-state index contributed by atoms with van der Waals surface area (Å²) in [5.74, 6) is 0.507. The van der Waals surface area contributed by atoms with E-state index in [1.54, 1.807) is 18.9 Å². The van der Waals surface area contributed by atoms with E-state index in [0.29, 0.717) is 18.7 Å². The van der Waals surface area contributed by atoms with Crippen molar-refractivity contribution in [1.29, 1.82) is 0 Å². The van der Waals surface area contributed by atoms with Crippen LogP contribution in [0.15, 0.2) is 33.6 Å². The number of aliphatic hydroxyl groups excluding tert-OH is 1. The molecule has 5 heteroatoms. The van der Waals surface area contributed by atoms with Gasteiger partial charge in [0, 0.05) is 23.0 Å². The topological polar surface area (TPSA) is 40.5 Å². The van der Waals surface area contributed by atoms with Gasteiger partial charge in [-0.1, -0.05) is 22.0 Å². The summed E-state index contributed by atoms with van der Waals surface area (Å²) in [5.41, 5.74) is 0. The molecule has 0 aromatic heterocycles. The monoisotopic (exact) mass is 331 g/mol. The van der Waals surface area contributed by atoms with Crippen LogP contribution in [0.4, 0.5) is 0 Å². The second kappa shape index (κ2) is 7.81. The highest BCUT2D eigenvalue weighted by molar-refractivity contribution is 9.10. The molecule has 18 heavy (non-hydrogen) atoms. The maximum Gasteiger partial charge on any atom is 0.232 e. The molecule has 0 radical (unpaired) electrons. The Balaban J connectivity index is 2.36. The standard InChI is InChI=1S/C13H18BrNO2S/c1-10(16)6-7-15(2)13(17)9-18-12-5-3-4-11(14)8-12/h3-5,8,10,16H,6-7,9H2,1-2H3/t10-/m1/s1. The smallest absolute Gasteiger partial charge is 0.232 e. The zero-order chi connectivity index (χ0) is 13.5. The van der Waals surface area contributed by atoms with Gasteiger partial charge < -0.3 is 10.0 Å². The van der Waals surface area contributed by atoms with Gasteiger partial charge in [-0.25, -0.2) is 0 Å². The first-order chi connectivity index (χ1) is 8.49. The number of amides is 1. The van der Waals surface area contributed by atoms with E-state index in [1.807, 2.05) is 24.3 Å². The quantitative estimate of drug-likeness (QED) is 0.815. The van der Waals surface area contributed by atoms with Crippen molar-refractivity contribution in [2.75, 3.05) is 19.3 Å². The molecule has 0 fully saturated rings. The summed E-state index contributed by atoms with van der Waals surface area (Å²) in [4.78, 5) is 14.6. The van der Waals surface area contributed by atoms with E-state index >= 15 is 0 Å². The van der Waals surface area contributed by atoms with Gasteiger partial charge in [0.2, 0.25) is 5.91 Å². The maximum atomic E-state index is 11.8. The van der Waals surface area contributed by atoms with Gasteiger partial charge in [-0.05, 0) is 31.5 Å². The highest BCUT2D eigenvalue weighted by Gasteiger charge is 2.10. The molecular formula is C13H18BrNO2S. The van der Waals surface area contributed by atoms with Crippen LogP contribution in [0.25, 0.3) is 0 Å². The van der Waals surface area contributed by atoms with Crippen LogP contribution >= 0.6 is 27.7 Å². The molecule has 1 amide bonds. The SMILES string of the molecule is C[C@@H](O)CCN(C)C(=O)CSc1cccc(Br)c1. The van der Waals surface area contributed by atoms with Gasteiger partial charge in [-0.3, -0.25) is 4.79 Å². The first kappa shape index (κ1) is 15.5. The Labute approximate surface area is 121 Å². The summed E-state index contributed by atoms with van der Waals surface area (Å²) in [6, 6.07) is 7.89. The van der Waals surface area contributed by atoms with Crippen molar-refractivity contribution in [3.8, 4) is 0 Å². The Kier molecular flexibility index (Phi) is 6.75. The van der Waals surface area contributed by atoms with Crippen LogP contribution in [-0.2, 0) is 4.79 Å². The Morgan fingerprint density at radius 1 is 1.56 bits per heavy atom. The van der Waals surface area contributed by atoms with Crippen molar-refractivity contribution < 1.29 is 9.90 Å². The minimum Gasteiger partial charge on any atom is -0.393 e. The second-order valence-corrected chi connectivity index (χ2v) is 6.16. The average molecular weight is 332 g/mol. The van der Waals surface area contributed by atoms with Crippen LogP contribution in [0.1, 0.15) is 13.3 Å². The van der Waals surface area contributed by atoms with Gasteiger partial charge >= 0.3 is 0 Å². The van der Waals surface area contributed by atoms with Crippen LogP contribution in [0.3, 0.4) is 0 Å². The second-order valence-electron chi connectivity index (χ2n) is 4.20. The number of hydrogen-bond donors (Lipinski definition) is 1. The number of carbonyl (C=O) groups excluding carboxylic acids is 1. The van der Waals surface area contributed by atoms with Crippen LogP contribution in [-0.4, -0.2) is 41.4 Å².